The van der Waals surface area contributed by atoms with Crippen LogP contribution in [0.15, 0.2) is 0 Å². The number of carboxylic acid groups (broad SMARTS) is 1. The van der Waals surface area contributed by atoms with Crippen molar-refractivity contribution >= 4 is 13.5 Å². The number of hydrogen-bond acceptors (Lipinski definition) is 4. The van der Waals surface area contributed by atoms with Gasteiger partial charge in [0.15, 0.2) is 0 Å². The molecule has 115 valence electrons. The van der Waals surface area contributed by atoms with Crippen molar-refractivity contribution in [3.63, 3.8) is 0 Å². The van der Waals surface area contributed by atoms with Crippen molar-refractivity contribution in [2.24, 2.45) is 17.6 Å². The van der Waals surface area contributed by atoms with Crippen LogP contribution >= 0.6 is 0 Å². The quantitative estimate of drug-likeness (QED) is 0.433. The smallest absolute Gasteiger partial charge is 0.323 e. The summed E-state index contributed by atoms with van der Waals surface area (Å²) in [5, 5.41) is 18.2. The van der Waals surface area contributed by atoms with Crippen molar-refractivity contribution < 1.29 is 14.9 Å². The van der Waals surface area contributed by atoms with Crippen LogP contribution < -0.4 is 5.73 Å². The van der Waals surface area contributed by atoms with E-state index in [9.17, 15) is 9.90 Å². The molecule has 1 aliphatic rings. The van der Waals surface area contributed by atoms with Gasteiger partial charge in [0, 0.05) is 0 Å². The third kappa shape index (κ3) is 4.75. The van der Waals surface area contributed by atoms with Gasteiger partial charge in [0.25, 0.3) is 7.48 Å². The second-order valence-corrected chi connectivity index (χ2v) is 6.41. The molecule has 20 heavy (non-hydrogen) atoms. The first kappa shape index (κ1) is 17.5. The molecule has 1 saturated carbocycles. The van der Waals surface area contributed by atoms with Crippen LogP contribution in [0.4, 0.5) is 0 Å². The standard InChI is InChI=1S/C14H28BN2O3/c1-17(2)8-4-5-11-9-12(6-3-7-15-20)14(16,10-11)13(18)19/h11-12,20H,3-10,16H2,1-2H3,(H,18,19)/t11-,12?,14?/m0/s1. The lowest BCUT2D eigenvalue weighted by Crippen LogP contribution is -2.51. The maximum absolute atomic E-state index is 11.5. The second-order valence-electron chi connectivity index (χ2n) is 6.41. The first-order valence-electron chi connectivity index (χ1n) is 7.53. The summed E-state index contributed by atoms with van der Waals surface area (Å²) < 4.78 is 0. The predicted octanol–water partition coefficient (Wildman–Crippen LogP) is 0.947. The number of hydrogen-bond donors (Lipinski definition) is 3. The highest BCUT2D eigenvalue weighted by Gasteiger charge is 2.49. The Morgan fingerprint density at radius 3 is 2.65 bits per heavy atom. The van der Waals surface area contributed by atoms with Crippen LogP contribution in [0.2, 0.25) is 6.32 Å². The first-order chi connectivity index (χ1) is 9.40. The van der Waals surface area contributed by atoms with E-state index in [1.54, 1.807) is 0 Å². The van der Waals surface area contributed by atoms with Crippen LogP contribution in [0.5, 0.6) is 0 Å². The molecule has 6 heteroatoms. The molecule has 0 spiro atoms. The molecule has 0 bridgehead atoms. The fourth-order valence-electron chi connectivity index (χ4n) is 3.35. The minimum absolute atomic E-state index is 0.0318. The molecule has 1 fully saturated rings. The normalized spacial score (nSPS) is 29.9. The van der Waals surface area contributed by atoms with Crippen LogP contribution in [-0.2, 0) is 4.79 Å². The summed E-state index contributed by atoms with van der Waals surface area (Å²) in [5.74, 6) is -0.422. The number of carbonyl (C=O) groups is 1. The topological polar surface area (TPSA) is 86.8 Å². The van der Waals surface area contributed by atoms with E-state index in [-0.39, 0.29) is 5.92 Å². The molecule has 0 amide bonds. The highest BCUT2D eigenvalue weighted by molar-refractivity contribution is 6.25. The fraction of sp³-hybridized carbons (Fsp3) is 0.929. The summed E-state index contributed by atoms with van der Waals surface area (Å²) in [4.78, 5) is 13.7. The molecule has 3 atom stereocenters. The van der Waals surface area contributed by atoms with E-state index in [1.165, 1.54) is 0 Å². The minimum atomic E-state index is -1.07. The molecule has 4 N–H and O–H groups in total. The van der Waals surface area contributed by atoms with Gasteiger partial charge in [-0.15, -0.1) is 0 Å². The number of nitrogens with zero attached hydrogens (tertiary/aromatic N) is 1. The van der Waals surface area contributed by atoms with Crippen molar-refractivity contribution in [1.29, 1.82) is 0 Å². The molecular formula is C14H28BN2O3. The number of rotatable bonds is 9. The molecule has 1 radical (unpaired) electrons. The zero-order valence-electron chi connectivity index (χ0n) is 12.7. The van der Waals surface area contributed by atoms with Gasteiger partial charge in [-0.3, -0.25) is 4.79 Å². The summed E-state index contributed by atoms with van der Waals surface area (Å²) in [6, 6.07) is 0. The van der Waals surface area contributed by atoms with Gasteiger partial charge in [-0.1, -0.05) is 12.7 Å². The van der Waals surface area contributed by atoms with E-state index in [4.69, 9.17) is 10.8 Å². The lowest BCUT2D eigenvalue weighted by atomic mass is 9.82. The van der Waals surface area contributed by atoms with Crippen molar-refractivity contribution in [3.05, 3.63) is 0 Å². The van der Waals surface area contributed by atoms with Crippen LogP contribution in [0.1, 0.15) is 38.5 Å². The average Bonchev–Trinajstić information content (AvgIpc) is 2.67. The van der Waals surface area contributed by atoms with Crippen LogP contribution in [-0.4, -0.2) is 54.7 Å². The maximum atomic E-state index is 11.5. The van der Waals surface area contributed by atoms with Crippen molar-refractivity contribution in [1.82, 2.24) is 4.90 Å². The molecule has 0 saturated heterocycles. The van der Waals surface area contributed by atoms with E-state index in [0.29, 0.717) is 18.7 Å². The average molecular weight is 283 g/mol. The largest absolute Gasteiger partial charge is 0.480 e. The molecule has 0 aromatic heterocycles. The van der Waals surface area contributed by atoms with E-state index in [2.05, 4.69) is 4.90 Å². The highest BCUT2D eigenvalue weighted by Crippen LogP contribution is 2.43. The van der Waals surface area contributed by atoms with E-state index in [0.717, 1.165) is 46.1 Å². The summed E-state index contributed by atoms with van der Waals surface area (Å²) in [6.07, 6.45) is 5.82. The van der Waals surface area contributed by atoms with E-state index < -0.39 is 11.5 Å². The molecular weight excluding hydrogens is 255 g/mol. The Balaban J connectivity index is 2.51. The third-order valence-electron chi connectivity index (χ3n) is 4.47. The first-order valence-corrected chi connectivity index (χ1v) is 7.53. The van der Waals surface area contributed by atoms with Gasteiger partial charge >= 0.3 is 5.97 Å². The van der Waals surface area contributed by atoms with E-state index in [1.807, 2.05) is 14.1 Å². The molecule has 0 aromatic rings. The molecule has 0 heterocycles. The predicted molar refractivity (Wildman–Crippen MR) is 80.6 cm³/mol. The summed E-state index contributed by atoms with van der Waals surface area (Å²) in [6.45, 7) is 1.03. The summed E-state index contributed by atoms with van der Waals surface area (Å²) in [5.41, 5.74) is 5.10. The fourth-order valence-corrected chi connectivity index (χ4v) is 3.35. The van der Waals surface area contributed by atoms with Crippen molar-refractivity contribution in [3.8, 4) is 0 Å². The van der Waals surface area contributed by atoms with Crippen LogP contribution in [0.3, 0.4) is 0 Å². The van der Waals surface area contributed by atoms with Crippen LogP contribution in [0, 0.1) is 11.8 Å². The Labute approximate surface area is 122 Å². The minimum Gasteiger partial charge on any atom is -0.480 e. The monoisotopic (exact) mass is 283 g/mol. The second kappa shape index (κ2) is 8.00. The third-order valence-corrected chi connectivity index (χ3v) is 4.47. The maximum Gasteiger partial charge on any atom is 0.323 e. The lowest BCUT2D eigenvalue weighted by Gasteiger charge is -2.26. The van der Waals surface area contributed by atoms with Gasteiger partial charge in [-0.05, 0) is 64.6 Å². The Morgan fingerprint density at radius 1 is 1.40 bits per heavy atom. The van der Waals surface area contributed by atoms with Gasteiger partial charge in [0.1, 0.15) is 5.54 Å². The Morgan fingerprint density at radius 2 is 2.10 bits per heavy atom. The Bertz CT molecular complexity index is 315. The summed E-state index contributed by atoms with van der Waals surface area (Å²) in [7, 11) is 5.24. The number of aliphatic carboxylic acids is 1. The highest BCUT2D eigenvalue weighted by atomic mass is 16.4. The summed E-state index contributed by atoms with van der Waals surface area (Å²) >= 11 is 0. The lowest BCUT2D eigenvalue weighted by molar-refractivity contribution is -0.145. The zero-order valence-corrected chi connectivity index (χ0v) is 12.7. The van der Waals surface area contributed by atoms with Crippen molar-refractivity contribution in [2.75, 3.05) is 20.6 Å². The zero-order chi connectivity index (χ0) is 15.2. The molecule has 1 aliphatic carbocycles. The van der Waals surface area contributed by atoms with Gasteiger partial charge in [-0.2, -0.15) is 0 Å². The molecule has 1 rings (SSSR count). The molecule has 5 nitrogen and oxygen atoms in total. The molecule has 2 unspecified atom stereocenters. The van der Waals surface area contributed by atoms with Gasteiger partial charge < -0.3 is 20.8 Å². The molecule has 0 aliphatic heterocycles. The Kier molecular flexibility index (Phi) is 6.99. The van der Waals surface area contributed by atoms with Crippen LogP contribution in [0.25, 0.3) is 0 Å². The SMILES string of the molecule is CN(C)CCC[C@H]1CC(CCC[B]O)C(N)(C(=O)O)C1. The van der Waals surface area contributed by atoms with Crippen molar-refractivity contribution in [2.45, 2.75) is 50.4 Å². The van der Waals surface area contributed by atoms with Gasteiger partial charge in [-0.25, -0.2) is 0 Å². The van der Waals surface area contributed by atoms with Gasteiger partial charge in [0.2, 0.25) is 0 Å². The Hall–Kier alpha value is -0.585. The number of nitrogens with two attached hydrogens (primary N) is 1. The molecule has 0 aromatic carbocycles. The van der Waals surface area contributed by atoms with Gasteiger partial charge in [0.05, 0.1) is 0 Å². The van der Waals surface area contributed by atoms with E-state index >= 15 is 0 Å². The number of carboxylic acids is 1.